The van der Waals surface area contributed by atoms with Gasteiger partial charge in [0.15, 0.2) is 12.4 Å². The predicted molar refractivity (Wildman–Crippen MR) is 546 cm³/mol. The summed E-state index contributed by atoms with van der Waals surface area (Å²) in [5.41, 5.74) is 1.21. The lowest BCUT2D eigenvalue weighted by Gasteiger charge is -2.48. The Morgan fingerprint density at radius 3 is 1.05 bits per heavy atom. The quantitative estimate of drug-likeness (QED) is 0.0122. The summed E-state index contributed by atoms with van der Waals surface area (Å²) >= 11 is 0. The van der Waals surface area contributed by atoms with E-state index in [-0.39, 0.29) is 45.3 Å². The minimum atomic E-state index is -5.07. The van der Waals surface area contributed by atoms with Crippen LogP contribution in [0.5, 0.6) is 0 Å². The minimum Gasteiger partial charge on any atom is -0.481 e. The van der Waals surface area contributed by atoms with Crippen LogP contribution in [-0.4, -0.2) is 123 Å². The van der Waals surface area contributed by atoms with E-state index in [9.17, 15) is 29.1 Å². The summed E-state index contributed by atoms with van der Waals surface area (Å²) in [6.07, 6.45) is 38.7. The monoisotopic (exact) mass is 1920 g/mol. The highest BCUT2D eigenvalue weighted by Crippen LogP contribution is 2.54. The first-order valence-electron chi connectivity index (χ1n) is 53.8. The van der Waals surface area contributed by atoms with Crippen molar-refractivity contribution in [2.45, 2.75) is 508 Å². The molecule has 5 rings (SSSR count). The highest BCUT2D eigenvalue weighted by atomic mass is 31.2. The summed E-state index contributed by atoms with van der Waals surface area (Å²) in [7, 11) is -8.75. The fourth-order valence-electron chi connectivity index (χ4n) is 18.2. The Morgan fingerprint density at radius 2 is 0.711 bits per heavy atom. The van der Waals surface area contributed by atoms with E-state index in [1.165, 1.54) is 44.9 Å². The average Bonchev–Trinajstić information content (AvgIpc) is 0.740. The van der Waals surface area contributed by atoms with E-state index in [0.717, 1.165) is 235 Å². The van der Waals surface area contributed by atoms with E-state index in [2.05, 4.69) is 72.9 Å². The van der Waals surface area contributed by atoms with Crippen LogP contribution in [0.1, 0.15) is 446 Å². The zero-order valence-corrected chi connectivity index (χ0v) is 87.2. The second-order valence-electron chi connectivity index (χ2n) is 39.2. The van der Waals surface area contributed by atoms with Gasteiger partial charge in [0.2, 0.25) is 11.8 Å². The Morgan fingerprint density at radius 1 is 0.393 bits per heavy atom. The number of carboxylic acid groups (broad SMARTS) is 1. The van der Waals surface area contributed by atoms with Gasteiger partial charge in [0.25, 0.3) is 8.32 Å². The molecule has 0 spiro atoms. The number of rotatable bonds is 84. The summed E-state index contributed by atoms with van der Waals surface area (Å²) in [5.74, 6) is -4.75. The van der Waals surface area contributed by atoms with Gasteiger partial charge in [-0.15, -0.1) is 0 Å². The van der Waals surface area contributed by atoms with Crippen LogP contribution in [0.15, 0.2) is 121 Å². The molecule has 21 nitrogen and oxygen atoms in total. The molecule has 764 valence electrons. The van der Waals surface area contributed by atoms with Crippen molar-refractivity contribution < 1.29 is 89.7 Å². The molecular weight excluding hydrogens is 1740 g/mol. The largest absolute Gasteiger partial charge is 0.481 e. The summed E-state index contributed by atoms with van der Waals surface area (Å²) in [6.45, 7) is 17.9. The van der Waals surface area contributed by atoms with Gasteiger partial charge in [-0.05, 0) is 84.3 Å². The third-order valence-electron chi connectivity index (χ3n) is 26.0. The lowest BCUT2D eigenvalue weighted by atomic mass is 9.95. The highest BCUT2D eigenvalue weighted by Gasteiger charge is 2.57. The number of ether oxygens (including phenoxy) is 6. The van der Waals surface area contributed by atoms with Crippen molar-refractivity contribution in [1.82, 2.24) is 10.6 Å². The van der Waals surface area contributed by atoms with E-state index in [0.29, 0.717) is 68.9 Å². The number of unbranched alkanes of at least 4 members (excludes halogenated alkanes) is 42. The lowest BCUT2D eigenvalue weighted by molar-refractivity contribution is -0.272. The zero-order chi connectivity index (χ0) is 97.5. The van der Waals surface area contributed by atoms with E-state index in [1.807, 2.05) is 97.1 Å². The van der Waals surface area contributed by atoms with Crippen molar-refractivity contribution in [1.29, 1.82) is 0 Å². The molecule has 4 aromatic rings. The molecule has 0 aromatic heterocycles. The number of carbonyl (C=O) groups excluding carboxylic acids is 6. The summed E-state index contributed by atoms with van der Waals surface area (Å²) < 4.78 is 85.5. The molecule has 1 fully saturated rings. The van der Waals surface area contributed by atoms with Gasteiger partial charge in [-0.2, -0.15) is 0 Å². The van der Waals surface area contributed by atoms with Crippen LogP contribution >= 0.6 is 7.82 Å². The Labute approximate surface area is 817 Å². The Bertz CT molecular complexity index is 3660. The number of amides is 2. The molecule has 3 N–H and O–H groups in total. The van der Waals surface area contributed by atoms with E-state index in [1.54, 1.807) is 24.3 Å². The van der Waals surface area contributed by atoms with Gasteiger partial charge in [-0.25, -0.2) is 4.57 Å². The molecule has 1 saturated heterocycles. The van der Waals surface area contributed by atoms with Gasteiger partial charge < -0.3 is 48.6 Å². The molecule has 1 aliphatic heterocycles. The number of carbonyl (C=O) groups is 7. The molecule has 1 aliphatic rings. The molecule has 0 saturated carbocycles. The highest BCUT2D eigenvalue weighted by molar-refractivity contribution is 7.48. The standard InChI is InChI=1S/C112H183N2O19PSi/c1-10-16-22-28-34-37-43-46-60-74-95(128-104(119)81-67-49-40-31-25-19-13-4)85-101(115)113-94(84-103(117)118)90-124-111-108(114-102(116)86-96(75-61-47-44-38-35-29-23-17-11-2)129-105(120)82-68-50-41-32-26-20-14-5)110(132-107(122)87-97(76-62-48-45-39-36-30-24-18-12-3)130-106(121)83-69-51-42-33-27-21-15-6)109(133-134(123,125-88-92-70-56-52-57-71-92)126-89-93-72-58-53-59-73-93)100(131-111)91-127-135(112(7,8)9,98-77-63-54-64-78-98)99-79-65-55-66-80-99/h52-59,63-66,70-73,77-80,94-97,100,108-111H,10-51,60-62,67-69,74-76,81-91H2,1-9H3,(H,113,115)(H,114,116)(H,117,118)/t94-,95-,96-,97-,100+,108+,109+,110+,111+/m1/s1. The smallest absolute Gasteiger partial charge is 0.475 e. The maximum absolute atomic E-state index is 16.7. The third kappa shape index (κ3) is 53.0. The summed E-state index contributed by atoms with van der Waals surface area (Å²) in [4.78, 5) is 103. The molecule has 0 aliphatic carbocycles. The molecule has 2 amide bonds. The second-order valence-corrected chi connectivity index (χ2v) is 45.1. The van der Waals surface area contributed by atoms with Gasteiger partial charge in [0, 0.05) is 19.3 Å². The molecule has 0 bridgehead atoms. The van der Waals surface area contributed by atoms with Crippen molar-refractivity contribution in [2.75, 3.05) is 13.2 Å². The van der Waals surface area contributed by atoms with Gasteiger partial charge in [-0.3, -0.25) is 47.1 Å². The maximum atomic E-state index is 16.7. The number of hydrogen-bond donors (Lipinski definition) is 3. The number of benzene rings is 4. The Kier molecular flexibility index (Phi) is 65.5. The fraction of sp³-hybridized carbons (Fsp3) is 0.723. The van der Waals surface area contributed by atoms with Crippen molar-refractivity contribution in [2.24, 2.45) is 0 Å². The van der Waals surface area contributed by atoms with Gasteiger partial charge in [0.1, 0.15) is 36.6 Å². The molecule has 9 atom stereocenters. The number of esters is 4. The summed E-state index contributed by atoms with van der Waals surface area (Å²) in [5, 5.41) is 18.2. The predicted octanol–water partition coefficient (Wildman–Crippen LogP) is 27.7. The SMILES string of the molecule is CCCCCCCCCCC[C@H](CC(=O)N[C@@H](CO[C@H]1O[C@@H](CO[Si](c2ccccc2)(c2ccccc2)C(C)(C)C)[C@H](OP(=O)(OCc2ccccc2)OCc2ccccc2)[C@@H](OC(=O)C[C@@H](CCCCCCCCCCC)OC(=O)CCCCCCCCC)[C@@H]1NC(=O)C[C@@H](CCCCCCCCCCC)OC(=O)CCCCCCCCC)CC(=O)O)OC(=O)CCCCCCCCC. The molecule has 1 heterocycles. The van der Waals surface area contributed by atoms with Crippen molar-refractivity contribution in [3.8, 4) is 0 Å². The van der Waals surface area contributed by atoms with Crippen molar-refractivity contribution in [3.63, 3.8) is 0 Å². The first-order chi connectivity index (χ1) is 65.6. The van der Waals surface area contributed by atoms with Crippen LogP contribution in [-0.2, 0) is 97.8 Å². The lowest BCUT2D eigenvalue weighted by Crippen LogP contribution is -2.70. The number of phosphoric acid groups is 1. The number of aliphatic carboxylic acids is 1. The summed E-state index contributed by atoms with van der Waals surface area (Å²) in [6, 6.07) is 35.0. The second kappa shape index (κ2) is 74.4. The number of carboxylic acids is 1. The van der Waals surface area contributed by atoms with E-state index >= 15 is 14.2 Å². The van der Waals surface area contributed by atoms with E-state index < -0.39 is 144 Å². The van der Waals surface area contributed by atoms with E-state index in [4.69, 9.17) is 46.4 Å². The molecule has 0 radical (unpaired) electrons. The molecule has 135 heavy (non-hydrogen) atoms. The van der Waals surface area contributed by atoms with Crippen LogP contribution in [0.4, 0.5) is 0 Å². The Balaban J connectivity index is 1.80. The van der Waals surface area contributed by atoms with Gasteiger partial charge in [-0.1, -0.05) is 453 Å². The first kappa shape index (κ1) is 119. The first-order valence-corrected chi connectivity index (χ1v) is 57.2. The molecule has 4 aromatic carbocycles. The number of phosphoric ester groups is 1. The van der Waals surface area contributed by atoms with Crippen molar-refractivity contribution in [3.05, 3.63) is 132 Å². The van der Waals surface area contributed by atoms with Crippen LogP contribution in [0.3, 0.4) is 0 Å². The third-order valence-corrected chi connectivity index (χ3v) is 32.4. The van der Waals surface area contributed by atoms with Crippen LogP contribution < -0.4 is 21.0 Å². The molecule has 23 heteroatoms. The Hall–Kier alpha value is -6.62. The molecule has 0 unspecified atom stereocenters. The maximum Gasteiger partial charge on any atom is 0.475 e. The van der Waals surface area contributed by atoms with Gasteiger partial charge in [0.05, 0.1) is 58.2 Å². The molecular formula is C112H183N2O19PSi. The average molecular weight is 1920 g/mol. The van der Waals surface area contributed by atoms with Crippen LogP contribution in [0, 0.1) is 0 Å². The normalized spacial score (nSPS) is 16.1. The van der Waals surface area contributed by atoms with Crippen LogP contribution in [0.25, 0.3) is 0 Å². The van der Waals surface area contributed by atoms with Crippen LogP contribution in [0.2, 0.25) is 5.04 Å². The number of hydrogen-bond acceptors (Lipinski definition) is 18. The minimum absolute atomic E-state index is 0.138. The topological polar surface area (TPSA) is 273 Å². The number of nitrogens with one attached hydrogen (secondary N) is 2. The fourth-order valence-corrected chi connectivity index (χ4v) is 24.2. The van der Waals surface area contributed by atoms with Crippen molar-refractivity contribution >= 4 is 68.2 Å². The van der Waals surface area contributed by atoms with Gasteiger partial charge >= 0.3 is 37.7 Å². The zero-order valence-electron chi connectivity index (χ0n) is 85.3.